The van der Waals surface area contributed by atoms with Gasteiger partial charge >= 0.3 is 0 Å². The van der Waals surface area contributed by atoms with Crippen LogP contribution in [-0.4, -0.2) is 28.7 Å². The Hall–Kier alpha value is -0.980. The van der Waals surface area contributed by atoms with Gasteiger partial charge in [0.2, 0.25) is 0 Å². The molecule has 94 valence electrons. The summed E-state index contributed by atoms with van der Waals surface area (Å²) in [6.45, 7) is 0.956. The molecule has 0 N–H and O–H groups in total. The normalized spacial score (nSPS) is 14.7. The summed E-state index contributed by atoms with van der Waals surface area (Å²) in [6, 6.07) is 3.11. The minimum Gasteiger partial charge on any atom is -0.486 e. The van der Waals surface area contributed by atoms with Crippen LogP contribution in [0.25, 0.3) is 0 Å². The van der Waals surface area contributed by atoms with Gasteiger partial charge in [0.15, 0.2) is 11.5 Å². The number of benzene rings is 1. The number of fused-ring (bicyclic) bond motifs is 1. The molecule has 1 aliphatic rings. The maximum absolute atomic E-state index is 11.5. The van der Waals surface area contributed by atoms with Crippen molar-refractivity contribution in [2.45, 2.75) is 11.5 Å². The molecule has 0 radical (unpaired) electrons. The van der Waals surface area contributed by atoms with Crippen LogP contribution >= 0.6 is 10.7 Å². The van der Waals surface area contributed by atoms with Crippen molar-refractivity contribution in [2.75, 3.05) is 20.3 Å². The SMILES string of the molecule is COCc1cc2c(c(S(=O)(=O)Cl)c1)OCCO2. The first-order valence-electron chi connectivity index (χ1n) is 4.88. The van der Waals surface area contributed by atoms with Crippen molar-refractivity contribution in [1.29, 1.82) is 0 Å². The Morgan fingerprint density at radius 1 is 1.35 bits per heavy atom. The van der Waals surface area contributed by atoms with Gasteiger partial charge in [-0.05, 0) is 17.7 Å². The summed E-state index contributed by atoms with van der Waals surface area (Å²) >= 11 is 0. The smallest absolute Gasteiger partial charge is 0.265 e. The highest BCUT2D eigenvalue weighted by Crippen LogP contribution is 2.39. The molecule has 0 aromatic heterocycles. The lowest BCUT2D eigenvalue weighted by atomic mass is 10.2. The summed E-state index contributed by atoms with van der Waals surface area (Å²) in [5, 5.41) is 0. The zero-order chi connectivity index (χ0) is 12.5. The van der Waals surface area contributed by atoms with Crippen LogP contribution in [0.4, 0.5) is 0 Å². The molecule has 5 nitrogen and oxygen atoms in total. The van der Waals surface area contributed by atoms with E-state index in [-0.39, 0.29) is 17.3 Å². The van der Waals surface area contributed by atoms with Crippen molar-refractivity contribution in [2.24, 2.45) is 0 Å². The third kappa shape index (κ3) is 2.65. The molecule has 0 saturated carbocycles. The fourth-order valence-electron chi connectivity index (χ4n) is 1.61. The lowest BCUT2D eigenvalue weighted by Gasteiger charge is -2.21. The standard InChI is InChI=1S/C10H11ClO5S/c1-14-6-7-4-8-10(16-3-2-15-8)9(5-7)17(11,12)13/h4-5H,2-3,6H2,1H3. The Balaban J connectivity index is 2.58. The quantitative estimate of drug-likeness (QED) is 0.785. The van der Waals surface area contributed by atoms with Crippen LogP contribution in [-0.2, 0) is 20.4 Å². The molecule has 2 rings (SSSR count). The number of hydrogen-bond donors (Lipinski definition) is 0. The van der Waals surface area contributed by atoms with Crippen LogP contribution < -0.4 is 9.47 Å². The molecular formula is C10H11ClO5S. The zero-order valence-corrected chi connectivity index (χ0v) is 10.7. The van der Waals surface area contributed by atoms with E-state index >= 15 is 0 Å². The van der Waals surface area contributed by atoms with Crippen LogP contribution in [0.2, 0.25) is 0 Å². The Morgan fingerprint density at radius 3 is 2.71 bits per heavy atom. The number of hydrogen-bond acceptors (Lipinski definition) is 5. The average molecular weight is 279 g/mol. The highest BCUT2D eigenvalue weighted by molar-refractivity contribution is 8.13. The van der Waals surface area contributed by atoms with E-state index in [0.29, 0.717) is 24.5 Å². The molecule has 1 heterocycles. The highest BCUT2D eigenvalue weighted by Gasteiger charge is 2.25. The van der Waals surface area contributed by atoms with Gasteiger partial charge in [-0.3, -0.25) is 0 Å². The molecule has 0 unspecified atom stereocenters. The summed E-state index contributed by atoms with van der Waals surface area (Å²) in [6.07, 6.45) is 0. The van der Waals surface area contributed by atoms with Crippen molar-refractivity contribution < 1.29 is 22.6 Å². The fraction of sp³-hybridized carbons (Fsp3) is 0.400. The molecule has 0 saturated heterocycles. The minimum absolute atomic E-state index is 0.0802. The maximum Gasteiger partial charge on any atom is 0.265 e. The second-order valence-corrected chi connectivity index (χ2v) is 6.02. The van der Waals surface area contributed by atoms with Gasteiger partial charge in [0, 0.05) is 17.8 Å². The van der Waals surface area contributed by atoms with Crippen LogP contribution in [0.15, 0.2) is 17.0 Å². The predicted molar refractivity (Wildman–Crippen MR) is 61.2 cm³/mol. The number of halogens is 1. The maximum atomic E-state index is 11.5. The van der Waals surface area contributed by atoms with Gasteiger partial charge in [0.25, 0.3) is 9.05 Å². The molecule has 0 fully saturated rings. The zero-order valence-electron chi connectivity index (χ0n) is 9.10. The summed E-state index contributed by atoms with van der Waals surface area (Å²) in [5.74, 6) is 0.552. The van der Waals surface area contributed by atoms with Gasteiger partial charge in [0.05, 0.1) is 6.61 Å². The number of ether oxygens (including phenoxy) is 3. The Kier molecular flexibility index (Phi) is 3.46. The molecular weight excluding hydrogens is 268 g/mol. The van der Waals surface area contributed by atoms with Crippen molar-refractivity contribution in [3.8, 4) is 11.5 Å². The molecule has 1 aliphatic heterocycles. The Labute approximate surface area is 104 Å². The predicted octanol–water partition coefficient (Wildman–Crippen LogP) is 1.53. The van der Waals surface area contributed by atoms with E-state index in [1.54, 1.807) is 6.07 Å². The Bertz CT molecular complexity index is 526. The van der Waals surface area contributed by atoms with Gasteiger partial charge in [-0.2, -0.15) is 0 Å². The molecule has 0 bridgehead atoms. The van der Waals surface area contributed by atoms with E-state index in [4.69, 9.17) is 24.9 Å². The van der Waals surface area contributed by atoms with Gasteiger partial charge in [-0.15, -0.1) is 0 Å². The van der Waals surface area contributed by atoms with E-state index in [9.17, 15) is 8.42 Å². The van der Waals surface area contributed by atoms with Crippen LogP contribution in [0.5, 0.6) is 11.5 Å². The summed E-state index contributed by atoms with van der Waals surface area (Å²) in [5.41, 5.74) is 0.663. The van der Waals surface area contributed by atoms with Crippen molar-refractivity contribution in [1.82, 2.24) is 0 Å². The van der Waals surface area contributed by atoms with Crippen LogP contribution in [0, 0.1) is 0 Å². The van der Waals surface area contributed by atoms with E-state index in [1.807, 2.05) is 0 Å². The molecule has 0 aliphatic carbocycles. The van der Waals surface area contributed by atoms with E-state index in [1.165, 1.54) is 13.2 Å². The first-order valence-corrected chi connectivity index (χ1v) is 7.19. The largest absolute Gasteiger partial charge is 0.486 e. The molecule has 0 spiro atoms. The Morgan fingerprint density at radius 2 is 2.06 bits per heavy atom. The first kappa shape index (κ1) is 12.5. The van der Waals surface area contributed by atoms with Crippen molar-refractivity contribution >= 4 is 19.7 Å². The highest BCUT2D eigenvalue weighted by atomic mass is 35.7. The number of methoxy groups -OCH3 is 1. The van der Waals surface area contributed by atoms with E-state index in [0.717, 1.165) is 0 Å². The third-order valence-electron chi connectivity index (χ3n) is 2.24. The van der Waals surface area contributed by atoms with Gasteiger partial charge in [-0.1, -0.05) is 0 Å². The fourth-order valence-corrected chi connectivity index (χ4v) is 2.62. The molecule has 7 heteroatoms. The molecule has 1 aromatic rings. The third-order valence-corrected chi connectivity index (χ3v) is 3.57. The minimum atomic E-state index is -3.87. The lowest BCUT2D eigenvalue weighted by molar-refractivity contribution is 0.163. The monoisotopic (exact) mass is 278 g/mol. The van der Waals surface area contributed by atoms with Crippen molar-refractivity contribution in [3.05, 3.63) is 17.7 Å². The molecule has 1 aromatic carbocycles. The molecule has 0 amide bonds. The van der Waals surface area contributed by atoms with Gasteiger partial charge < -0.3 is 14.2 Å². The second kappa shape index (κ2) is 4.72. The van der Waals surface area contributed by atoms with Crippen LogP contribution in [0.1, 0.15) is 5.56 Å². The number of rotatable bonds is 3. The van der Waals surface area contributed by atoms with Gasteiger partial charge in [-0.25, -0.2) is 8.42 Å². The summed E-state index contributed by atoms with van der Waals surface area (Å²) in [7, 11) is 3.01. The molecule has 0 atom stereocenters. The second-order valence-electron chi connectivity index (χ2n) is 3.49. The van der Waals surface area contributed by atoms with E-state index in [2.05, 4.69) is 0 Å². The summed E-state index contributed by atoms with van der Waals surface area (Å²) in [4.78, 5) is -0.0802. The van der Waals surface area contributed by atoms with Crippen molar-refractivity contribution in [3.63, 3.8) is 0 Å². The molecule has 17 heavy (non-hydrogen) atoms. The summed E-state index contributed by atoms with van der Waals surface area (Å²) < 4.78 is 38.5. The van der Waals surface area contributed by atoms with Crippen LogP contribution in [0.3, 0.4) is 0 Å². The lowest BCUT2D eigenvalue weighted by Crippen LogP contribution is -2.17. The topological polar surface area (TPSA) is 61.8 Å². The first-order chi connectivity index (χ1) is 8.02. The van der Waals surface area contributed by atoms with Gasteiger partial charge in [0.1, 0.15) is 18.1 Å². The van der Waals surface area contributed by atoms with E-state index < -0.39 is 9.05 Å². The average Bonchev–Trinajstić information content (AvgIpc) is 2.27.